The number of fused-ring (bicyclic) bond motifs is 1. The Labute approximate surface area is 129 Å². The van der Waals surface area contributed by atoms with Gasteiger partial charge in [0.2, 0.25) is 0 Å². The van der Waals surface area contributed by atoms with Crippen molar-refractivity contribution in [1.82, 2.24) is 4.90 Å². The predicted molar refractivity (Wildman–Crippen MR) is 89.7 cm³/mol. The maximum absolute atomic E-state index is 5.68. The Morgan fingerprint density at radius 1 is 1.19 bits per heavy atom. The number of rotatable bonds is 4. The number of nitrogens with two attached hydrogens (primary N) is 1. The molecule has 0 bridgehead atoms. The summed E-state index contributed by atoms with van der Waals surface area (Å²) in [5.41, 5.74) is 10.1. The number of nitrogens with zero attached hydrogens (tertiary/aromatic N) is 2. The van der Waals surface area contributed by atoms with E-state index >= 15 is 0 Å². The molecule has 0 unspecified atom stereocenters. The summed E-state index contributed by atoms with van der Waals surface area (Å²) in [6.45, 7) is 5.64. The molecule has 0 radical (unpaired) electrons. The maximum Gasteiger partial charge on any atom is 0.0396 e. The van der Waals surface area contributed by atoms with E-state index in [4.69, 9.17) is 5.73 Å². The van der Waals surface area contributed by atoms with Gasteiger partial charge in [-0.2, -0.15) is 0 Å². The van der Waals surface area contributed by atoms with Crippen molar-refractivity contribution in [2.45, 2.75) is 38.6 Å². The lowest BCUT2D eigenvalue weighted by Crippen LogP contribution is -2.34. The molecule has 0 atom stereocenters. The van der Waals surface area contributed by atoms with Crippen molar-refractivity contribution in [2.24, 2.45) is 11.7 Å². The van der Waals surface area contributed by atoms with Crippen LogP contribution in [0.4, 0.5) is 5.69 Å². The zero-order valence-electron chi connectivity index (χ0n) is 13.4. The largest absolute Gasteiger partial charge is 0.374 e. The third-order valence-electron chi connectivity index (χ3n) is 5.18. The van der Waals surface area contributed by atoms with E-state index in [1.165, 1.54) is 63.0 Å². The van der Waals surface area contributed by atoms with Gasteiger partial charge in [-0.15, -0.1) is 0 Å². The second kappa shape index (κ2) is 6.80. The van der Waals surface area contributed by atoms with Gasteiger partial charge in [0.05, 0.1) is 0 Å². The first-order chi connectivity index (χ1) is 10.3. The first-order valence-electron chi connectivity index (χ1n) is 8.51. The normalized spacial score (nSPS) is 20.6. The highest BCUT2D eigenvalue weighted by Gasteiger charge is 2.19. The molecule has 2 N–H and O–H groups in total. The Hall–Kier alpha value is -1.06. The molecule has 2 aliphatic heterocycles. The summed E-state index contributed by atoms with van der Waals surface area (Å²) in [6, 6.07) is 7.09. The van der Waals surface area contributed by atoms with Crippen molar-refractivity contribution in [1.29, 1.82) is 0 Å². The Morgan fingerprint density at radius 2 is 2.00 bits per heavy atom. The van der Waals surface area contributed by atoms with Crippen LogP contribution in [0.15, 0.2) is 18.2 Å². The molecule has 21 heavy (non-hydrogen) atoms. The number of hydrogen-bond acceptors (Lipinski definition) is 3. The molecular weight excluding hydrogens is 258 g/mol. The van der Waals surface area contributed by atoms with Gasteiger partial charge in [-0.3, -0.25) is 4.90 Å². The molecule has 1 saturated heterocycles. The van der Waals surface area contributed by atoms with E-state index in [0.29, 0.717) is 0 Å². The lowest BCUT2D eigenvalue weighted by molar-refractivity contribution is 0.173. The van der Waals surface area contributed by atoms with E-state index in [1.54, 1.807) is 5.56 Å². The Kier molecular flexibility index (Phi) is 4.81. The van der Waals surface area contributed by atoms with E-state index in [0.717, 1.165) is 19.0 Å². The first-order valence-corrected chi connectivity index (χ1v) is 8.51. The van der Waals surface area contributed by atoms with E-state index in [9.17, 15) is 0 Å². The van der Waals surface area contributed by atoms with Crippen LogP contribution in [-0.2, 0) is 13.0 Å². The molecular formula is C18H29N3. The molecule has 0 amide bonds. The molecule has 3 heteroatoms. The minimum atomic E-state index is 0.850. The molecule has 2 heterocycles. The van der Waals surface area contributed by atoms with Gasteiger partial charge in [-0.05, 0) is 74.8 Å². The Morgan fingerprint density at radius 3 is 2.76 bits per heavy atom. The van der Waals surface area contributed by atoms with Gasteiger partial charge >= 0.3 is 0 Å². The van der Waals surface area contributed by atoms with Crippen molar-refractivity contribution >= 4 is 5.69 Å². The van der Waals surface area contributed by atoms with Crippen LogP contribution in [0.2, 0.25) is 0 Å². The molecule has 0 aliphatic carbocycles. The predicted octanol–water partition coefficient (Wildman–Crippen LogP) is 2.63. The minimum absolute atomic E-state index is 0.850. The van der Waals surface area contributed by atoms with Gasteiger partial charge in [-0.1, -0.05) is 12.1 Å². The second-order valence-corrected chi connectivity index (χ2v) is 6.79. The van der Waals surface area contributed by atoms with Gasteiger partial charge in [0.15, 0.2) is 0 Å². The van der Waals surface area contributed by atoms with Gasteiger partial charge < -0.3 is 10.6 Å². The van der Waals surface area contributed by atoms with E-state index in [-0.39, 0.29) is 0 Å². The molecule has 1 fully saturated rings. The number of hydrogen-bond donors (Lipinski definition) is 1. The van der Waals surface area contributed by atoms with E-state index in [1.807, 2.05) is 0 Å². The highest BCUT2D eigenvalue weighted by Crippen LogP contribution is 2.28. The van der Waals surface area contributed by atoms with Crippen LogP contribution >= 0.6 is 0 Å². The number of piperidine rings is 1. The van der Waals surface area contributed by atoms with Crippen LogP contribution in [0.3, 0.4) is 0 Å². The standard InChI is InChI=1S/C18H29N3/c1-20-10-2-3-17-13-16(4-5-18(17)20)14-21-11-7-15(6-9-19)8-12-21/h4-5,13,15H,2-3,6-12,14,19H2,1H3. The molecule has 0 aromatic heterocycles. The van der Waals surface area contributed by atoms with Crippen molar-refractivity contribution in [3.63, 3.8) is 0 Å². The maximum atomic E-state index is 5.68. The van der Waals surface area contributed by atoms with Crippen LogP contribution in [-0.4, -0.2) is 38.1 Å². The van der Waals surface area contributed by atoms with Gasteiger partial charge in [0.25, 0.3) is 0 Å². The molecule has 1 aromatic carbocycles. The average molecular weight is 287 g/mol. The first kappa shape index (κ1) is 14.9. The van der Waals surface area contributed by atoms with Gasteiger partial charge in [0.1, 0.15) is 0 Å². The Balaban J connectivity index is 1.59. The fourth-order valence-corrected chi connectivity index (χ4v) is 3.86. The highest BCUT2D eigenvalue weighted by atomic mass is 15.1. The fraction of sp³-hybridized carbons (Fsp3) is 0.667. The van der Waals surface area contributed by atoms with Gasteiger partial charge in [0, 0.05) is 25.8 Å². The summed E-state index contributed by atoms with van der Waals surface area (Å²) in [5.74, 6) is 0.864. The summed E-state index contributed by atoms with van der Waals surface area (Å²) in [7, 11) is 2.21. The topological polar surface area (TPSA) is 32.5 Å². The summed E-state index contributed by atoms with van der Waals surface area (Å²) in [4.78, 5) is 5.00. The lowest BCUT2D eigenvalue weighted by Gasteiger charge is -2.32. The summed E-state index contributed by atoms with van der Waals surface area (Å²) >= 11 is 0. The fourth-order valence-electron chi connectivity index (χ4n) is 3.86. The van der Waals surface area contributed by atoms with Crippen LogP contribution < -0.4 is 10.6 Å². The van der Waals surface area contributed by atoms with Crippen molar-refractivity contribution in [2.75, 3.05) is 38.1 Å². The van der Waals surface area contributed by atoms with E-state index < -0.39 is 0 Å². The number of benzene rings is 1. The van der Waals surface area contributed by atoms with Crippen LogP contribution in [0.25, 0.3) is 0 Å². The van der Waals surface area contributed by atoms with Crippen LogP contribution in [0.1, 0.15) is 36.8 Å². The quantitative estimate of drug-likeness (QED) is 0.924. The molecule has 3 rings (SSSR count). The summed E-state index contributed by atoms with van der Waals surface area (Å²) in [5, 5.41) is 0. The van der Waals surface area contributed by atoms with Crippen molar-refractivity contribution < 1.29 is 0 Å². The smallest absolute Gasteiger partial charge is 0.0396 e. The van der Waals surface area contributed by atoms with Gasteiger partial charge in [-0.25, -0.2) is 0 Å². The lowest BCUT2D eigenvalue weighted by atomic mass is 9.93. The van der Waals surface area contributed by atoms with Crippen molar-refractivity contribution in [3.05, 3.63) is 29.3 Å². The molecule has 3 nitrogen and oxygen atoms in total. The third kappa shape index (κ3) is 3.58. The second-order valence-electron chi connectivity index (χ2n) is 6.79. The minimum Gasteiger partial charge on any atom is -0.374 e. The third-order valence-corrected chi connectivity index (χ3v) is 5.18. The number of anilines is 1. The Bertz CT molecular complexity index is 464. The molecule has 0 saturated carbocycles. The zero-order valence-corrected chi connectivity index (χ0v) is 13.4. The van der Waals surface area contributed by atoms with Crippen LogP contribution in [0.5, 0.6) is 0 Å². The van der Waals surface area contributed by atoms with Crippen molar-refractivity contribution in [3.8, 4) is 0 Å². The highest BCUT2D eigenvalue weighted by molar-refractivity contribution is 5.56. The number of likely N-dealkylation sites (tertiary alicyclic amines) is 1. The summed E-state index contributed by atoms with van der Waals surface area (Å²) in [6.07, 6.45) is 6.39. The average Bonchev–Trinajstić information content (AvgIpc) is 2.50. The SMILES string of the molecule is CN1CCCc2cc(CN3CCC(CCN)CC3)ccc21. The van der Waals surface area contributed by atoms with E-state index in [2.05, 4.69) is 35.0 Å². The monoisotopic (exact) mass is 287 g/mol. The number of aryl methyl sites for hydroxylation is 1. The molecule has 0 spiro atoms. The molecule has 116 valence electrons. The van der Waals surface area contributed by atoms with Crippen LogP contribution in [0, 0.1) is 5.92 Å². The molecule has 1 aromatic rings. The molecule has 2 aliphatic rings. The zero-order chi connectivity index (χ0) is 14.7. The summed E-state index contributed by atoms with van der Waals surface area (Å²) < 4.78 is 0.